The number of aromatic nitrogens is 3. The maximum Gasteiger partial charge on any atom is 0.417 e. The Kier molecular flexibility index (Phi) is 4.47. The second kappa shape index (κ2) is 6.44. The molecule has 132 valence electrons. The summed E-state index contributed by atoms with van der Waals surface area (Å²) < 4.78 is 40.9. The predicted octanol–water partition coefficient (Wildman–Crippen LogP) is 3.25. The summed E-state index contributed by atoms with van der Waals surface area (Å²) >= 11 is 5.61. The fraction of sp³-hybridized carbons (Fsp3) is 0.250. The molecule has 0 saturated heterocycles. The van der Waals surface area contributed by atoms with Gasteiger partial charge in [0.25, 0.3) is 5.56 Å². The number of halogens is 4. The fourth-order valence-corrected chi connectivity index (χ4v) is 2.87. The molecule has 0 atom stereocenters. The summed E-state index contributed by atoms with van der Waals surface area (Å²) in [7, 11) is 0. The molecule has 3 rings (SSSR count). The van der Waals surface area contributed by atoms with Crippen molar-refractivity contribution in [3.8, 4) is 0 Å². The third kappa shape index (κ3) is 3.48. The molecule has 2 heterocycles. The Balaban J connectivity index is 1.82. The third-order valence-electron chi connectivity index (χ3n) is 3.83. The molecule has 5 nitrogen and oxygen atoms in total. The number of imidazole rings is 1. The molecular formula is C16H13ClF3N3O2. The van der Waals surface area contributed by atoms with Gasteiger partial charge in [0.2, 0.25) is 0 Å². The van der Waals surface area contributed by atoms with Crippen molar-refractivity contribution in [3.63, 3.8) is 0 Å². The standard InChI is InChI=1S/C16H13ClF3N3O2/c17-11-8-10(16(18,19)20)9-22(14(11)24)6-3-7-23-13-5-2-1-4-12(13)21-15(23)25/h1-2,4-5,8-9H,3,6-7H2,(H,21,25). The summed E-state index contributed by atoms with van der Waals surface area (Å²) in [6.07, 6.45) is -3.56. The van der Waals surface area contributed by atoms with Gasteiger partial charge in [-0.15, -0.1) is 0 Å². The first kappa shape index (κ1) is 17.3. The molecular weight excluding hydrogens is 359 g/mol. The molecule has 0 fully saturated rings. The second-order valence-electron chi connectivity index (χ2n) is 5.53. The number of rotatable bonds is 4. The molecule has 0 bridgehead atoms. The van der Waals surface area contributed by atoms with Crippen molar-refractivity contribution in [2.24, 2.45) is 0 Å². The van der Waals surface area contributed by atoms with Crippen LogP contribution in [0.25, 0.3) is 11.0 Å². The lowest BCUT2D eigenvalue weighted by atomic mass is 10.2. The van der Waals surface area contributed by atoms with Crippen LogP contribution in [0.4, 0.5) is 13.2 Å². The van der Waals surface area contributed by atoms with Gasteiger partial charge in [-0.2, -0.15) is 13.2 Å². The summed E-state index contributed by atoms with van der Waals surface area (Å²) in [4.78, 5) is 26.6. The Hall–Kier alpha value is -2.48. The molecule has 2 aromatic heterocycles. The maximum atomic E-state index is 12.8. The molecule has 0 spiro atoms. The summed E-state index contributed by atoms with van der Waals surface area (Å²) in [6, 6.07) is 7.70. The van der Waals surface area contributed by atoms with Gasteiger partial charge < -0.3 is 9.55 Å². The number of fused-ring (bicyclic) bond motifs is 1. The van der Waals surface area contributed by atoms with Crippen LogP contribution < -0.4 is 11.2 Å². The number of alkyl halides is 3. The molecule has 0 aliphatic heterocycles. The van der Waals surface area contributed by atoms with Crippen LogP contribution in [0, 0.1) is 0 Å². The number of aryl methyl sites for hydroxylation is 2. The molecule has 0 aliphatic rings. The van der Waals surface area contributed by atoms with E-state index in [1.165, 1.54) is 4.57 Å². The Morgan fingerprint density at radius 1 is 1.12 bits per heavy atom. The van der Waals surface area contributed by atoms with Crippen molar-refractivity contribution >= 4 is 22.6 Å². The quantitative estimate of drug-likeness (QED) is 0.765. The highest BCUT2D eigenvalue weighted by Crippen LogP contribution is 2.29. The van der Waals surface area contributed by atoms with Gasteiger partial charge in [0.1, 0.15) is 5.02 Å². The van der Waals surface area contributed by atoms with Crippen LogP contribution in [0.5, 0.6) is 0 Å². The van der Waals surface area contributed by atoms with Crippen LogP contribution in [-0.4, -0.2) is 14.1 Å². The van der Waals surface area contributed by atoms with Crippen LogP contribution in [-0.2, 0) is 19.3 Å². The van der Waals surface area contributed by atoms with E-state index in [4.69, 9.17) is 11.6 Å². The van der Waals surface area contributed by atoms with Crippen molar-refractivity contribution < 1.29 is 13.2 Å². The van der Waals surface area contributed by atoms with E-state index in [0.717, 1.165) is 10.8 Å². The lowest BCUT2D eigenvalue weighted by Gasteiger charge is -2.12. The van der Waals surface area contributed by atoms with Crippen molar-refractivity contribution in [3.05, 3.63) is 68.0 Å². The average Bonchev–Trinajstić information content (AvgIpc) is 2.86. The number of hydrogen-bond acceptors (Lipinski definition) is 2. The van der Waals surface area contributed by atoms with Crippen LogP contribution in [0.2, 0.25) is 5.02 Å². The monoisotopic (exact) mass is 371 g/mol. The highest BCUT2D eigenvalue weighted by Gasteiger charge is 2.32. The number of benzene rings is 1. The lowest BCUT2D eigenvalue weighted by Crippen LogP contribution is -2.24. The van der Waals surface area contributed by atoms with E-state index >= 15 is 0 Å². The van der Waals surface area contributed by atoms with Crippen LogP contribution in [0.15, 0.2) is 46.1 Å². The van der Waals surface area contributed by atoms with E-state index in [0.29, 0.717) is 23.5 Å². The van der Waals surface area contributed by atoms with Gasteiger partial charge in [-0.3, -0.25) is 9.36 Å². The third-order valence-corrected chi connectivity index (χ3v) is 4.10. The molecule has 0 amide bonds. The molecule has 0 aliphatic carbocycles. The van der Waals surface area contributed by atoms with Gasteiger partial charge in [-0.25, -0.2) is 4.79 Å². The van der Waals surface area contributed by atoms with Crippen LogP contribution in [0.3, 0.4) is 0 Å². The highest BCUT2D eigenvalue weighted by molar-refractivity contribution is 6.30. The van der Waals surface area contributed by atoms with Crippen molar-refractivity contribution in [2.45, 2.75) is 25.7 Å². The molecule has 0 saturated carbocycles. The molecule has 1 N–H and O–H groups in total. The summed E-state index contributed by atoms with van der Waals surface area (Å²) in [5, 5.41) is -0.487. The molecule has 1 aromatic carbocycles. The van der Waals surface area contributed by atoms with Gasteiger partial charge in [0, 0.05) is 19.3 Å². The topological polar surface area (TPSA) is 59.8 Å². The Morgan fingerprint density at radius 3 is 2.56 bits per heavy atom. The number of nitrogens with zero attached hydrogens (tertiary/aromatic N) is 2. The normalized spacial score (nSPS) is 12.0. The number of pyridine rings is 1. The van der Waals surface area contributed by atoms with E-state index in [1.54, 1.807) is 24.3 Å². The van der Waals surface area contributed by atoms with E-state index < -0.39 is 22.3 Å². The van der Waals surface area contributed by atoms with E-state index in [2.05, 4.69) is 4.98 Å². The highest BCUT2D eigenvalue weighted by atomic mass is 35.5. The molecule has 9 heteroatoms. The fourth-order valence-electron chi connectivity index (χ4n) is 2.65. The Bertz CT molecular complexity index is 1030. The van der Waals surface area contributed by atoms with Gasteiger partial charge in [0.15, 0.2) is 0 Å². The first-order chi connectivity index (χ1) is 11.8. The zero-order valence-corrected chi connectivity index (χ0v) is 13.6. The lowest BCUT2D eigenvalue weighted by molar-refractivity contribution is -0.138. The second-order valence-corrected chi connectivity index (χ2v) is 5.93. The average molecular weight is 372 g/mol. The first-order valence-corrected chi connectivity index (χ1v) is 7.80. The first-order valence-electron chi connectivity index (χ1n) is 7.42. The smallest absolute Gasteiger partial charge is 0.314 e. The molecule has 3 aromatic rings. The summed E-state index contributed by atoms with van der Waals surface area (Å²) in [5.41, 5.74) is -0.619. The number of aromatic amines is 1. The van der Waals surface area contributed by atoms with E-state index in [1.807, 2.05) is 0 Å². The number of para-hydroxylation sites is 2. The van der Waals surface area contributed by atoms with Gasteiger partial charge in [0.05, 0.1) is 16.6 Å². The van der Waals surface area contributed by atoms with Gasteiger partial charge >= 0.3 is 11.9 Å². The summed E-state index contributed by atoms with van der Waals surface area (Å²) in [6.45, 7) is 0.261. The SMILES string of the molecule is O=c1c(Cl)cc(C(F)(F)F)cn1CCCn1c(=O)[nH]c2ccccc21. The minimum atomic E-state index is -4.59. The minimum absolute atomic E-state index is 0.00835. The largest absolute Gasteiger partial charge is 0.417 e. The van der Waals surface area contributed by atoms with E-state index in [-0.39, 0.29) is 18.8 Å². The molecule has 0 unspecified atom stereocenters. The molecule has 25 heavy (non-hydrogen) atoms. The predicted molar refractivity (Wildman–Crippen MR) is 87.9 cm³/mol. The van der Waals surface area contributed by atoms with Crippen molar-refractivity contribution in [1.29, 1.82) is 0 Å². The van der Waals surface area contributed by atoms with Crippen LogP contribution >= 0.6 is 11.6 Å². The van der Waals surface area contributed by atoms with Crippen molar-refractivity contribution in [2.75, 3.05) is 0 Å². The zero-order chi connectivity index (χ0) is 18.2. The number of nitrogens with one attached hydrogen (secondary N) is 1. The number of H-pyrrole nitrogens is 1. The van der Waals surface area contributed by atoms with E-state index in [9.17, 15) is 22.8 Å². The van der Waals surface area contributed by atoms with Gasteiger partial charge in [-0.05, 0) is 24.6 Å². The number of hydrogen-bond donors (Lipinski definition) is 1. The van der Waals surface area contributed by atoms with Crippen molar-refractivity contribution in [1.82, 2.24) is 14.1 Å². The van der Waals surface area contributed by atoms with Gasteiger partial charge in [-0.1, -0.05) is 23.7 Å². The minimum Gasteiger partial charge on any atom is -0.314 e. The zero-order valence-electron chi connectivity index (χ0n) is 12.8. The molecule has 0 radical (unpaired) electrons. The van der Waals surface area contributed by atoms with Crippen LogP contribution in [0.1, 0.15) is 12.0 Å². The Labute approximate surface area is 144 Å². The Morgan fingerprint density at radius 2 is 1.84 bits per heavy atom. The summed E-state index contributed by atoms with van der Waals surface area (Å²) in [5.74, 6) is 0. The maximum absolute atomic E-state index is 12.8.